The Kier molecular flexibility index (Phi) is 5.56. The van der Waals surface area contributed by atoms with Crippen LogP contribution < -0.4 is 4.74 Å². The van der Waals surface area contributed by atoms with E-state index in [0.717, 1.165) is 37.2 Å². The molecule has 0 N–H and O–H groups in total. The molecule has 3 nitrogen and oxygen atoms in total. The van der Waals surface area contributed by atoms with Gasteiger partial charge in [-0.15, -0.1) is 0 Å². The van der Waals surface area contributed by atoms with E-state index in [9.17, 15) is 9.18 Å². The van der Waals surface area contributed by atoms with Gasteiger partial charge in [0.05, 0.1) is 12.2 Å². The molecule has 2 aliphatic rings. The van der Waals surface area contributed by atoms with Crippen LogP contribution in [0.2, 0.25) is 0 Å². The fourth-order valence-corrected chi connectivity index (χ4v) is 3.76. The molecule has 0 spiro atoms. The summed E-state index contributed by atoms with van der Waals surface area (Å²) in [7, 11) is 0. The van der Waals surface area contributed by atoms with Gasteiger partial charge in [0.2, 0.25) is 0 Å². The van der Waals surface area contributed by atoms with E-state index < -0.39 is 17.4 Å². The Morgan fingerprint density at radius 2 is 1.81 bits per heavy atom. The highest BCUT2D eigenvalue weighted by molar-refractivity contribution is 5.90. The van der Waals surface area contributed by atoms with Gasteiger partial charge in [-0.2, -0.15) is 0 Å². The maximum atomic E-state index is 14.7. The van der Waals surface area contributed by atoms with E-state index in [1.54, 1.807) is 26.8 Å². The fraction of sp³-hybridized carbons (Fsp3) is 0.696. The summed E-state index contributed by atoms with van der Waals surface area (Å²) in [5.41, 5.74) is 0.459. The van der Waals surface area contributed by atoms with Crippen LogP contribution in [0.4, 0.5) is 4.39 Å². The maximum absolute atomic E-state index is 14.7. The Balaban J connectivity index is 1.77. The Morgan fingerprint density at radius 3 is 2.37 bits per heavy atom. The van der Waals surface area contributed by atoms with Crippen LogP contribution in [0, 0.1) is 17.2 Å². The molecular formula is C23H33FO3. The predicted octanol–water partition coefficient (Wildman–Crippen LogP) is 6.25. The molecule has 2 saturated carbocycles. The zero-order chi connectivity index (χ0) is 19.8. The highest BCUT2D eigenvalue weighted by atomic mass is 19.1. The number of halogens is 1. The summed E-state index contributed by atoms with van der Waals surface area (Å²) in [6.07, 6.45) is 6.86. The summed E-state index contributed by atoms with van der Waals surface area (Å²) < 4.78 is 26.2. The monoisotopic (exact) mass is 376 g/mol. The molecule has 0 atom stereocenters. The van der Waals surface area contributed by atoms with Crippen molar-refractivity contribution in [2.45, 2.75) is 84.7 Å². The lowest BCUT2D eigenvalue weighted by molar-refractivity contribution is 0.00644. The minimum absolute atomic E-state index is 0.0110. The molecule has 1 aromatic carbocycles. The minimum Gasteiger partial charge on any atom is -0.493 e. The highest BCUT2D eigenvalue weighted by Crippen LogP contribution is 2.46. The van der Waals surface area contributed by atoms with Crippen LogP contribution in [0.25, 0.3) is 0 Å². The van der Waals surface area contributed by atoms with Crippen molar-refractivity contribution in [3.63, 3.8) is 0 Å². The lowest BCUT2D eigenvalue weighted by Gasteiger charge is -2.36. The Morgan fingerprint density at radius 1 is 1.19 bits per heavy atom. The standard InChI is InChI=1S/C23H33FO3/c1-15-8-10-23(5,11-9-15)14-26-20-13-19(24)18(12-17(20)16-6-7-16)21(25)27-22(2,3)4/h12-13,15-16H,6-11,14H2,1-5H3/t15-,23+. The van der Waals surface area contributed by atoms with Gasteiger partial charge in [0.25, 0.3) is 0 Å². The van der Waals surface area contributed by atoms with E-state index in [-0.39, 0.29) is 11.0 Å². The maximum Gasteiger partial charge on any atom is 0.341 e. The predicted molar refractivity (Wildman–Crippen MR) is 105 cm³/mol. The molecular weight excluding hydrogens is 343 g/mol. The number of ether oxygens (including phenoxy) is 2. The van der Waals surface area contributed by atoms with Crippen molar-refractivity contribution in [2.75, 3.05) is 6.61 Å². The molecule has 27 heavy (non-hydrogen) atoms. The van der Waals surface area contributed by atoms with E-state index in [1.165, 1.54) is 18.9 Å². The largest absolute Gasteiger partial charge is 0.493 e. The van der Waals surface area contributed by atoms with Crippen LogP contribution in [-0.4, -0.2) is 18.2 Å². The van der Waals surface area contributed by atoms with Crippen molar-refractivity contribution in [3.05, 3.63) is 29.1 Å². The molecule has 0 bridgehead atoms. The zero-order valence-electron chi connectivity index (χ0n) is 17.4. The Labute approximate surface area is 162 Å². The molecule has 0 heterocycles. The zero-order valence-corrected chi connectivity index (χ0v) is 17.4. The molecule has 2 aliphatic carbocycles. The van der Waals surface area contributed by atoms with Gasteiger partial charge in [0, 0.05) is 11.5 Å². The van der Waals surface area contributed by atoms with Crippen molar-refractivity contribution >= 4 is 5.97 Å². The fourth-order valence-electron chi connectivity index (χ4n) is 3.76. The van der Waals surface area contributed by atoms with Gasteiger partial charge in [-0.05, 0) is 69.9 Å². The molecule has 4 heteroatoms. The van der Waals surface area contributed by atoms with Crippen molar-refractivity contribution in [2.24, 2.45) is 11.3 Å². The van der Waals surface area contributed by atoms with Crippen molar-refractivity contribution in [1.29, 1.82) is 0 Å². The Hall–Kier alpha value is -1.58. The molecule has 150 valence electrons. The first-order chi connectivity index (χ1) is 12.6. The second-order valence-corrected chi connectivity index (χ2v) is 9.93. The first kappa shape index (κ1) is 20.2. The van der Waals surface area contributed by atoms with Gasteiger partial charge in [0.15, 0.2) is 0 Å². The van der Waals surface area contributed by atoms with E-state index in [0.29, 0.717) is 18.3 Å². The van der Waals surface area contributed by atoms with E-state index in [1.807, 2.05) is 0 Å². The molecule has 0 saturated heterocycles. The number of benzene rings is 1. The lowest BCUT2D eigenvalue weighted by Crippen LogP contribution is -2.30. The third-order valence-corrected chi connectivity index (χ3v) is 5.79. The van der Waals surface area contributed by atoms with Gasteiger partial charge in [-0.25, -0.2) is 9.18 Å². The van der Waals surface area contributed by atoms with Crippen LogP contribution >= 0.6 is 0 Å². The van der Waals surface area contributed by atoms with Crippen molar-refractivity contribution in [3.8, 4) is 5.75 Å². The summed E-state index contributed by atoms with van der Waals surface area (Å²) in [4.78, 5) is 12.4. The summed E-state index contributed by atoms with van der Waals surface area (Å²) in [5, 5.41) is 0. The summed E-state index contributed by atoms with van der Waals surface area (Å²) in [6, 6.07) is 3.05. The number of hydrogen-bond acceptors (Lipinski definition) is 3. The molecule has 0 aliphatic heterocycles. The van der Waals surface area contributed by atoms with E-state index in [2.05, 4.69) is 13.8 Å². The van der Waals surface area contributed by atoms with Crippen LogP contribution in [0.15, 0.2) is 12.1 Å². The number of rotatable bonds is 5. The quantitative estimate of drug-likeness (QED) is 0.570. The van der Waals surface area contributed by atoms with Gasteiger partial charge in [-0.3, -0.25) is 0 Å². The first-order valence-electron chi connectivity index (χ1n) is 10.3. The normalized spacial score (nSPS) is 25.9. The number of esters is 1. The van der Waals surface area contributed by atoms with Crippen LogP contribution in [0.5, 0.6) is 5.75 Å². The van der Waals surface area contributed by atoms with Crippen molar-refractivity contribution < 1.29 is 18.7 Å². The summed E-state index contributed by atoms with van der Waals surface area (Å²) in [5.74, 6) is 0.571. The second kappa shape index (κ2) is 7.44. The molecule has 0 amide bonds. The lowest BCUT2D eigenvalue weighted by atomic mass is 9.73. The van der Waals surface area contributed by atoms with Gasteiger partial charge in [0.1, 0.15) is 17.2 Å². The van der Waals surface area contributed by atoms with Gasteiger partial charge in [-0.1, -0.05) is 26.7 Å². The van der Waals surface area contributed by atoms with Gasteiger partial charge >= 0.3 is 5.97 Å². The first-order valence-corrected chi connectivity index (χ1v) is 10.3. The van der Waals surface area contributed by atoms with E-state index in [4.69, 9.17) is 9.47 Å². The third-order valence-electron chi connectivity index (χ3n) is 5.79. The molecule has 2 fully saturated rings. The molecule has 3 rings (SSSR count). The van der Waals surface area contributed by atoms with E-state index >= 15 is 0 Å². The third kappa shape index (κ3) is 5.24. The van der Waals surface area contributed by atoms with Gasteiger partial charge < -0.3 is 9.47 Å². The Bertz CT molecular complexity index is 692. The minimum atomic E-state index is -0.648. The molecule has 0 radical (unpaired) electrons. The summed E-state index contributed by atoms with van der Waals surface area (Å²) in [6.45, 7) is 10.5. The topological polar surface area (TPSA) is 35.5 Å². The average Bonchev–Trinajstić information content (AvgIpc) is 3.39. The van der Waals surface area contributed by atoms with Crippen LogP contribution in [0.3, 0.4) is 0 Å². The number of carbonyl (C=O) groups is 1. The SMILES string of the molecule is CC(C)(C)OC(=O)c1cc(C2CC2)c(OC[C@]2(C)CC[C@H](C)CC2)cc1F. The second-order valence-electron chi connectivity index (χ2n) is 9.93. The number of carbonyl (C=O) groups excluding carboxylic acids is 1. The van der Waals surface area contributed by atoms with Crippen LogP contribution in [-0.2, 0) is 4.74 Å². The number of hydrogen-bond donors (Lipinski definition) is 0. The molecule has 1 aromatic rings. The average molecular weight is 377 g/mol. The molecule has 0 unspecified atom stereocenters. The molecule has 0 aromatic heterocycles. The van der Waals surface area contributed by atoms with Crippen molar-refractivity contribution in [1.82, 2.24) is 0 Å². The highest BCUT2D eigenvalue weighted by Gasteiger charge is 2.33. The summed E-state index contributed by atoms with van der Waals surface area (Å²) >= 11 is 0. The van der Waals surface area contributed by atoms with Crippen LogP contribution in [0.1, 0.15) is 95.0 Å². The smallest absolute Gasteiger partial charge is 0.341 e.